The van der Waals surface area contributed by atoms with E-state index in [0.29, 0.717) is 5.02 Å². The molecule has 1 aromatic rings. The zero-order valence-corrected chi connectivity index (χ0v) is 5.90. The first-order chi connectivity index (χ1) is 4.33. The maximum absolute atomic E-state index is 5.57. The van der Waals surface area contributed by atoms with Crippen LogP contribution in [0.4, 0.5) is 0 Å². The topological polar surface area (TPSA) is 25.2 Å². The molecule has 1 aromatic heterocycles. The predicted molar refractivity (Wildman–Crippen MR) is 36.5 cm³/mol. The summed E-state index contributed by atoms with van der Waals surface area (Å²) >= 11 is 5.57. The summed E-state index contributed by atoms with van der Waals surface area (Å²) in [6.07, 6.45) is 1.52. The van der Waals surface area contributed by atoms with Crippen LogP contribution >= 0.6 is 11.6 Å². The summed E-state index contributed by atoms with van der Waals surface area (Å²) in [5, 5.41) is 3.60. The van der Waals surface area contributed by atoms with E-state index in [2.05, 4.69) is 5.32 Å². The SMILES string of the molecule is CNCc1cc(Cl)co1. The first kappa shape index (κ1) is 6.65. The number of hydrogen-bond acceptors (Lipinski definition) is 2. The van der Waals surface area contributed by atoms with Crippen LogP contribution in [0.5, 0.6) is 0 Å². The van der Waals surface area contributed by atoms with Crippen LogP contribution in [0.1, 0.15) is 5.76 Å². The molecule has 0 aliphatic heterocycles. The largest absolute Gasteiger partial charge is 0.466 e. The second kappa shape index (κ2) is 2.90. The lowest BCUT2D eigenvalue weighted by Gasteiger charge is -1.89. The Bertz CT molecular complexity index is 185. The van der Waals surface area contributed by atoms with Crippen molar-refractivity contribution in [2.75, 3.05) is 7.05 Å². The average molecular weight is 146 g/mol. The number of furan rings is 1. The summed E-state index contributed by atoms with van der Waals surface area (Å²) in [6.45, 7) is 0.729. The molecule has 0 amide bonds. The molecule has 0 radical (unpaired) electrons. The fraction of sp³-hybridized carbons (Fsp3) is 0.333. The van der Waals surface area contributed by atoms with Crippen LogP contribution in [0.25, 0.3) is 0 Å². The van der Waals surface area contributed by atoms with Gasteiger partial charge in [-0.2, -0.15) is 0 Å². The van der Waals surface area contributed by atoms with E-state index in [1.165, 1.54) is 6.26 Å². The predicted octanol–water partition coefficient (Wildman–Crippen LogP) is 1.65. The molecule has 1 N–H and O–H groups in total. The quantitative estimate of drug-likeness (QED) is 0.685. The van der Waals surface area contributed by atoms with Crippen molar-refractivity contribution in [1.29, 1.82) is 0 Å². The number of nitrogens with one attached hydrogen (secondary N) is 1. The molecule has 0 saturated heterocycles. The standard InChI is InChI=1S/C6H8ClNO/c1-8-3-6-2-5(7)4-9-6/h2,4,8H,3H2,1H3. The monoisotopic (exact) mass is 145 g/mol. The van der Waals surface area contributed by atoms with E-state index in [0.717, 1.165) is 12.3 Å². The van der Waals surface area contributed by atoms with Crippen molar-refractivity contribution in [2.45, 2.75) is 6.54 Å². The fourth-order valence-electron chi connectivity index (χ4n) is 0.621. The minimum Gasteiger partial charge on any atom is -0.466 e. The molecule has 0 atom stereocenters. The van der Waals surface area contributed by atoms with Gasteiger partial charge in [0.2, 0.25) is 0 Å². The van der Waals surface area contributed by atoms with E-state index in [9.17, 15) is 0 Å². The molecule has 0 aliphatic carbocycles. The van der Waals surface area contributed by atoms with Gasteiger partial charge in [-0.15, -0.1) is 0 Å². The third-order valence-electron chi connectivity index (χ3n) is 0.973. The van der Waals surface area contributed by atoms with Gasteiger partial charge in [0.05, 0.1) is 11.6 Å². The minimum atomic E-state index is 0.653. The van der Waals surface area contributed by atoms with Crippen LogP contribution in [0, 0.1) is 0 Å². The van der Waals surface area contributed by atoms with Crippen LogP contribution in [0.15, 0.2) is 16.7 Å². The molecule has 0 saturated carbocycles. The Morgan fingerprint density at radius 3 is 3.00 bits per heavy atom. The van der Waals surface area contributed by atoms with Gasteiger partial charge >= 0.3 is 0 Å². The third-order valence-corrected chi connectivity index (χ3v) is 1.17. The van der Waals surface area contributed by atoms with Crippen molar-refractivity contribution in [2.24, 2.45) is 0 Å². The molecule has 0 spiro atoms. The summed E-state index contributed by atoms with van der Waals surface area (Å²) in [6, 6.07) is 1.79. The summed E-state index contributed by atoms with van der Waals surface area (Å²) in [7, 11) is 1.86. The molecule has 0 unspecified atom stereocenters. The first-order valence-corrected chi connectivity index (χ1v) is 3.08. The minimum absolute atomic E-state index is 0.653. The first-order valence-electron chi connectivity index (χ1n) is 2.70. The van der Waals surface area contributed by atoms with E-state index in [4.69, 9.17) is 16.0 Å². The molecule has 1 heterocycles. The lowest BCUT2D eigenvalue weighted by Crippen LogP contribution is -2.03. The molecule has 9 heavy (non-hydrogen) atoms. The van der Waals surface area contributed by atoms with Crippen LogP contribution in [-0.4, -0.2) is 7.05 Å². The van der Waals surface area contributed by atoms with E-state index in [-0.39, 0.29) is 0 Å². The molecular formula is C6H8ClNO. The van der Waals surface area contributed by atoms with Crippen molar-refractivity contribution >= 4 is 11.6 Å². The Hall–Kier alpha value is -0.470. The van der Waals surface area contributed by atoms with Gasteiger partial charge in [-0.25, -0.2) is 0 Å². The highest BCUT2D eigenvalue weighted by atomic mass is 35.5. The van der Waals surface area contributed by atoms with Crippen molar-refractivity contribution < 1.29 is 4.42 Å². The number of halogens is 1. The Labute approximate surface area is 58.8 Å². The van der Waals surface area contributed by atoms with Crippen LogP contribution < -0.4 is 5.32 Å². The summed E-state index contributed by atoms with van der Waals surface area (Å²) < 4.78 is 5.01. The molecular weight excluding hydrogens is 138 g/mol. The van der Waals surface area contributed by atoms with Gasteiger partial charge in [0.25, 0.3) is 0 Å². The smallest absolute Gasteiger partial charge is 0.119 e. The fourth-order valence-corrected chi connectivity index (χ4v) is 0.787. The third kappa shape index (κ3) is 1.73. The lowest BCUT2D eigenvalue weighted by molar-refractivity contribution is 0.495. The van der Waals surface area contributed by atoms with Crippen molar-refractivity contribution in [3.05, 3.63) is 23.1 Å². The van der Waals surface area contributed by atoms with Gasteiger partial charge < -0.3 is 9.73 Å². The lowest BCUT2D eigenvalue weighted by atomic mass is 10.4. The molecule has 50 valence electrons. The van der Waals surface area contributed by atoms with Gasteiger partial charge in [-0.1, -0.05) is 11.6 Å². The van der Waals surface area contributed by atoms with Crippen molar-refractivity contribution in [1.82, 2.24) is 5.32 Å². The van der Waals surface area contributed by atoms with Gasteiger partial charge in [0.15, 0.2) is 0 Å². The van der Waals surface area contributed by atoms with Crippen molar-refractivity contribution in [3.63, 3.8) is 0 Å². The van der Waals surface area contributed by atoms with Gasteiger partial charge in [-0.05, 0) is 13.1 Å². The molecule has 2 nitrogen and oxygen atoms in total. The Balaban J connectivity index is 2.61. The maximum atomic E-state index is 5.57. The summed E-state index contributed by atoms with van der Waals surface area (Å²) in [5.74, 6) is 0.863. The van der Waals surface area contributed by atoms with Crippen LogP contribution in [0.2, 0.25) is 5.02 Å². The zero-order valence-electron chi connectivity index (χ0n) is 5.15. The Kier molecular flexibility index (Phi) is 2.14. The molecule has 0 fully saturated rings. The number of rotatable bonds is 2. The van der Waals surface area contributed by atoms with Crippen LogP contribution in [0.3, 0.4) is 0 Å². The van der Waals surface area contributed by atoms with Gasteiger partial charge in [0.1, 0.15) is 12.0 Å². The van der Waals surface area contributed by atoms with Crippen molar-refractivity contribution in [3.8, 4) is 0 Å². The van der Waals surface area contributed by atoms with E-state index in [1.54, 1.807) is 6.07 Å². The molecule has 0 aromatic carbocycles. The zero-order chi connectivity index (χ0) is 6.69. The van der Waals surface area contributed by atoms with Crippen LogP contribution in [-0.2, 0) is 6.54 Å². The maximum Gasteiger partial charge on any atom is 0.119 e. The summed E-state index contributed by atoms with van der Waals surface area (Å²) in [5.41, 5.74) is 0. The van der Waals surface area contributed by atoms with E-state index in [1.807, 2.05) is 7.05 Å². The average Bonchev–Trinajstić information content (AvgIpc) is 2.17. The summed E-state index contributed by atoms with van der Waals surface area (Å²) in [4.78, 5) is 0. The molecule has 3 heteroatoms. The highest BCUT2D eigenvalue weighted by Crippen LogP contribution is 2.12. The number of hydrogen-bond donors (Lipinski definition) is 1. The molecule has 0 bridgehead atoms. The normalized spacial score (nSPS) is 10.0. The second-order valence-corrected chi connectivity index (χ2v) is 2.20. The van der Waals surface area contributed by atoms with E-state index < -0.39 is 0 Å². The Morgan fingerprint density at radius 2 is 2.56 bits per heavy atom. The molecule has 1 rings (SSSR count). The highest BCUT2D eigenvalue weighted by Gasteiger charge is 1.95. The Morgan fingerprint density at radius 1 is 1.78 bits per heavy atom. The molecule has 0 aliphatic rings. The van der Waals surface area contributed by atoms with Gasteiger partial charge in [0, 0.05) is 0 Å². The second-order valence-electron chi connectivity index (χ2n) is 1.76. The van der Waals surface area contributed by atoms with Gasteiger partial charge in [-0.3, -0.25) is 0 Å². The van der Waals surface area contributed by atoms with E-state index >= 15 is 0 Å². The highest BCUT2D eigenvalue weighted by molar-refractivity contribution is 6.30.